The number of aryl methyl sites for hydroxylation is 1. The molecule has 0 amide bonds. The Balaban J connectivity index is 1.59. The fraction of sp³-hybridized carbons (Fsp3) is 0.375. The number of nitrogens with zero attached hydrogens (tertiary/aromatic N) is 4. The smallest absolute Gasteiger partial charge is 0.237 e. The number of anilines is 1. The molecule has 9 heteroatoms. The molecule has 0 aliphatic carbocycles. The van der Waals surface area contributed by atoms with E-state index in [1.807, 2.05) is 0 Å². The summed E-state index contributed by atoms with van der Waals surface area (Å²) in [5.41, 5.74) is 1.18. The number of hydrogen-bond acceptors (Lipinski definition) is 8. The molecule has 0 saturated carbocycles. The van der Waals surface area contributed by atoms with Crippen molar-refractivity contribution >= 4 is 28.2 Å². The summed E-state index contributed by atoms with van der Waals surface area (Å²) in [6.45, 7) is 6.84. The zero-order chi connectivity index (χ0) is 17.8. The Bertz CT molecular complexity index is 849. The summed E-state index contributed by atoms with van der Waals surface area (Å²) in [5.74, 6) is 1.59. The van der Waals surface area contributed by atoms with Crippen LogP contribution in [0.15, 0.2) is 27.1 Å². The fourth-order valence-corrected chi connectivity index (χ4v) is 3.51. The number of thioether (sulfide) groups is 1. The molecular formula is C16H18FN5OS2. The maximum Gasteiger partial charge on any atom is 0.237 e. The first-order valence-electron chi connectivity index (χ1n) is 7.80. The monoisotopic (exact) mass is 379 g/mol. The van der Waals surface area contributed by atoms with Crippen molar-refractivity contribution in [2.24, 2.45) is 5.92 Å². The van der Waals surface area contributed by atoms with Crippen LogP contribution in [-0.4, -0.2) is 26.9 Å². The highest BCUT2D eigenvalue weighted by molar-refractivity contribution is 8.00. The van der Waals surface area contributed by atoms with E-state index in [-0.39, 0.29) is 5.82 Å². The van der Waals surface area contributed by atoms with E-state index in [1.54, 1.807) is 19.1 Å². The van der Waals surface area contributed by atoms with Gasteiger partial charge in [0.25, 0.3) is 0 Å². The van der Waals surface area contributed by atoms with Crippen molar-refractivity contribution in [3.05, 3.63) is 35.5 Å². The second-order valence-electron chi connectivity index (χ2n) is 5.91. The van der Waals surface area contributed by atoms with Gasteiger partial charge < -0.3 is 9.84 Å². The summed E-state index contributed by atoms with van der Waals surface area (Å²) >= 11 is 2.97. The number of nitrogens with one attached hydrogen (secondary N) is 1. The van der Waals surface area contributed by atoms with Gasteiger partial charge in [0.1, 0.15) is 5.82 Å². The Hall–Kier alpha value is -2.00. The summed E-state index contributed by atoms with van der Waals surface area (Å²) in [6, 6.07) is 4.88. The first-order valence-corrected chi connectivity index (χ1v) is 9.60. The minimum atomic E-state index is -0.284. The molecule has 0 aliphatic rings. The summed E-state index contributed by atoms with van der Waals surface area (Å²) < 4.78 is 19.7. The first kappa shape index (κ1) is 17.8. The van der Waals surface area contributed by atoms with E-state index in [0.717, 1.165) is 16.0 Å². The van der Waals surface area contributed by atoms with E-state index < -0.39 is 0 Å². The molecule has 25 heavy (non-hydrogen) atoms. The molecule has 0 spiro atoms. The molecule has 1 aromatic carbocycles. The number of hydrogen-bond donors (Lipinski definition) is 1. The minimum absolute atomic E-state index is 0.284. The molecule has 6 nitrogen and oxygen atoms in total. The highest BCUT2D eigenvalue weighted by Gasteiger charge is 2.12. The van der Waals surface area contributed by atoms with Crippen LogP contribution in [0.25, 0.3) is 11.4 Å². The molecule has 1 N–H and O–H groups in total. The van der Waals surface area contributed by atoms with Crippen LogP contribution in [0.4, 0.5) is 9.52 Å². The summed E-state index contributed by atoms with van der Waals surface area (Å²) in [6.07, 6.45) is 0. The number of benzene rings is 1. The van der Waals surface area contributed by atoms with Gasteiger partial charge in [0.2, 0.25) is 16.8 Å². The number of halogens is 1. The Morgan fingerprint density at radius 2 is 2.16 bits per heavy atom. The molecule has 132 valence electrons. The van der Waals surface area contributed by atoms with E-state index in [1.165, 1.54) is 29.2 Å². The van der Waals surface area contributed by atoms with Crippen LogP contribution in [0.2, 0.25) is 0 Å². The van der Waals surface area contributed by atoms with Crippen LogP contribution >= 0.6 is 23.1 Å². The van der Waals surface area contributed by atoms with Crippen molar-refractivity contribution < 1.29 is 8.91 Å². The SMILES string of the molecule is Cc1ccc(-c2noc(CSc3nnc(NCC(C)C)s3)n2)cc1F. The molecule has 0 saturated heterocycles. The largest absolute Gasteiger partial charge is 0.360 e. The predicted octanol–water partition coefficient (Wildman–Crippen LogP) is 4.40. The van der Waals surface area contributed by atoms with E-state index in [2.05, 4.69) is 39.5 Å². The van der Waals surface area contributed by atoms with Gasteiger partial charge in [-0.05, 0) is 24.5 Å². The molecule has 0 radical (unpaired) electrons. The highest BCUT2D eigenvalue weighted by atomic mass is 32.2. The lowest BCUT2D eigenvalue weighted by Gasteiger charge is -2.03. The van der Waals surface area contributed by atoms with Gasteiger partial charge >= 0.3 is 0 Å². The zero-order valence-electron chi connectivity index (χ0n) is 14.1. The van der Waals surface area contributed by atoms with Crippen molar-refractivity contribution in [2.45, 2.75) is 30.9 Å². The fourth-order valence-electron chi connectivity index (χ4n) is 1.92. The third-order valence-electron chi connectivity index (χ3n) is 3.29. The van der Waals surface area contributed by atoms with Gasteiger partial charge in [0.05, 0.1) is 5.75 Å². The van der Waals surface area contributed by atoms with Crippen molar-refractivity contribution in [3.8, 4) is 11.4 Å². The van der Waals surface area contributed by atoms with Crippen molar-refractivity contribution in [2.75, 3.05) is 11.9 Å². The Kier molecular flexibility index (Phi) is 5.64. The van der Waals surface area contributed by atoms with Gasteiger partial charge in [-0.2, -0.15) is 4.98 Å². The van der Waals surface area contributed by atoms with Crippen molar-refractivity contribution in [3.63, 3.8) is 0 Å². The van der Waals surface area contributed by atoms with Gasteiger partial charge in [-0.3, -0.25) is 0 Å². The first-order chi connectivity index (χ1) is 12.0. The normalized spacial score (nSPS) is 11.2. The lowest BCUT2D eigenvalue weighted by Crippen LogP contribution is -2.07. The maximum atomic E-state index is 13.6. The van der Waals surface area contributed by atoms with Crippen LogP contribution in [0.3, 0.4) is 0 Å². The molecule has 0 aliphatic heterocycles. The van der Waals surface area contributed by atoms with E-state index in [9.17, 15) is 4.39 Å². The standard InChI is InChI=1S/C16H18FN5OS2/c1-9(2)7-18-15-20-21-16(25-15)24-8-13-19-14(22-23-13)11-5-4-10(3)12(17)6-11/h4-6,9H,7-8H2,1-3H3,(H,18,20). The van der Waals surface area contributed by atoms with E-state index in [0.29, 0.717) is 34.5 Å². The highest BCUT2D eigenvalue weighted by Crippen LogP contribution is 2.28. The molecule has 0 unspecified atom stereocenters. The summed E-state index contributed by atoms with van der Waals surface area (Å²) in [5, 5.41) is 16.2. The van der Waals surface area contributed by atoms with E-state index >= 15 is 0 Å². The Morgan fingerprint density at radius 1 is 1.32 bits per heavy atom. The predicted molar refractivity (Wildman–Crippen MR) is 97.2 cm³/mol. The van der Waals surface area contributed by atoms with Gasteiger partial charge in [-0.25, -0.2) is 4.39 Å². The number of rotatable bonds is 7. The maximum absolute atomic E-state index is 13.6. The molecule has 3 aromatic rings. The van der Waals surface area contributed by atoms with Crippen LogP contribution in [0, 0.1) is 18.7 Å². The van der Waals surface area contributed by atoms with Gasteiger partial charge in [0.15, 0.2) is 4.34 Å². The molecule has 0 fully saturated rings. The third-order valence-corrected chi connectivity index (χ3v) is 5.28. The number of aromatic nitrogens is 4. The average molecular weight is 379 g/mol. The van der Waals surface area contributed by atoms with Crippen LogP contribution in [0.5, 0.6) is 0 Å². The topological polar surface area (TPSA) is 76.7 Å². The third kappa shape index (κ3) is 4.76. The summed E-state index contributed by atoms with van der Waals surface area (Å²) in [7, 11) is 0. The van der Waals surface area contributed by atoms with Crippen molar-refractivity contribution in [1.29, 1.82) is 0 Å². The molecule has 0 atom stereocenters. The second-order valence-corrected chi connectivity index (χ2v) is 8.11. The van der Waals surface area contributed by atoms with Crippen molar-refractivity contribution in [1.82, 2.24) is 20.3 Å². The quantitative estimate of drug-likeness (QED) is 0.610. The Labute approximate surface area is 153 Å². The lowest BCUT2D eigenvalue weighted by molar-refractivity contribution is 0.391. The van der Waals surface area contributed by atoms with Gasteiger partial charge in [0, 0.05) is 12.1 Å². The molecule has 2 heterocycles. The van der Waals surface area contributed by atoms with Crippen LogP contribution < -0.4 is 5.32 Å². The average Bonchev–Trinajstić information content (AvgIpc) is 3.22. The Morgan fingerprint density at radius 3 is 2.92 bits per heavy atom. The van der Waals surface area contributed by atoms with Gasteiger partial charge in [-0.15, -0.1) is 10.2 Å². The second kappa shape index (κ2) is 7.92. The van der Waals surface area contributed by atoms with E-state index in [4.69, 9.17) is 4.52 Å². The molecular weight excluding hydrogens is 361 g/mol. The summed E-state index contributed by atoms with van der Waals surface area (Å²) in [4.78, 5) is 4.31. The molecule has 2 aromatic heterocycles. The lowest BCUT2D eigenvalue weighted by atomic mass is 10.1. The molecule has 3 rings (SSSR count). The zero-order valence-corrected chi connectivity index (χ0v) is 15.7. The minimum Gasteiger partial charge on any atom is -0.360 e. The van der Waals surface area contributed by atoms with Crippen LogP contribution in [0.1, 0.15) is 25.3 Å². The van der Waals surface area contributed by atoms with Crippen LogP contribution in [-0.2, 0) is 5.75 Å². The molecule has 0 bridgehead atoms. The van der Waals surface area contributed by atoms with Gasteiger partial charge in [-0.1, -0.05) is 54.2 Å².